The van der Waals surface area contributed by atoms with Gasteiger partial charge in [-0.05, 0) is 13.0 Å². The molecule has 2 aromatic heterocycles. The number of aromatic amines is 2. The third kappa shape index (κ3) is 2.06. The van der Waals surface area contributed by atoms with Gasteiger partial charge in [-0.1, -0.05) is 12.2 Å². The zero-order valence-electron chi connectivity index (χ0n) is 10.4. The fourth-order valence-electron chi connectivity index (χ4n) is 1.79. The van der Waals surface area contributed by atoms with E-state index in [2.05, 4.69) is 15.0 Å². The van der Waals surface area contributed by atoms with Crippen LogP contribution in [0.5, 0.6) is 0 Å². The summed E-state index contributed by atoms with van der Waals surface area (Å²) in [4.78, 5) is 23.4. The summed E-state index contributed by atoms with van der Waals surface area (Å²) in [6, 6.07) is 1.91. The minimum atomic E-state index is -0.150. The number of pyridine rings is 1. The Bertz CT molecular complexity index is 687. The van der Waals surface area contributed by atoms with E-state index < -0.39 is 0 Å². The number of anilines is 1. The number of nitrogens with one attached hydrogen (secondary N) is 2. The van der Waals surface area contributed by atoms with Crippen LogP contribution in [0.3, 0.4) is 0 Å². The molecule has 0 aliphatic heterocycles. The first-order valence-electron chi connectivity index (χ1n) is 5.46. The van der Waals surface area contributed by atoms with Gasteiger partial charge in [-0.3, -0.25) is 4.79 Å². The fourth-order valence-corrected chi connectivity index (χ4v) is 2.06. The summed E-state index contributed by atoms with van der Waals surface area (Å²) in [7, 11) is 3.85. The van der Waals surface area contributed by atoms with Crippen LogP contribution in [0.15, 0.2) is 23.4 Å². The van der Waals surface area contributed by atoms with Crippen molar-refractivity contribution < 1.29 is 0 Å². The average Bonchev–Trinajstić information content (AvgIpc) is 2.33. The SMILES string of the molecule is Cc1c(-c2c(N(C)C)cc[nH]c2=S)nc[nH]c1=O. The van der Waals surface area contributed by atoms with Crippen molar-refractivity contribution in [2.24, 2.45) is 0 Å². The van der Waals surface area contributed by atoms with E-state index in [1.165, 1.54) is 6.33 Å². The first-order chi connectivity index (χ1) is 8.52. The zero-order chi connectivity index (χ0) is 13.3. The van der Waals surface area contributed by atoms with Crippen molar-refractivity contribution >= 4 is 17.9 Å². The third-order valence-corrected chi connectivity index (χ3v) is 3.06. The highest BCUT2D eigenvalue weighted by molar-refractivity contribution is 7.71. The van der Waals surface area contributed by atoms with Crippen molar-refractivity contribution in [3.8, 4) is 11.3 Å². The molecule has 0 aliphatic rings. The monoisotopic (exact) mass is 262 g/mol. The lowest BCUT2D eigenvalue weighted by molar-refractivity contribution is 1.06. The molecule has 0 radical (unpaired) electrons. The number of aromatic nitrogens is 3. The second-order valence-electron chi connectivity index (χ2n) is 4.17. The minimum Gasteiger partial charge on any atom is -0.377 e. The van der Waals surface area contributed by atoms with Crippen molar-refractivity contribution in [1.82, 2.24) is 15.0 Å². The van der Waals surface area contributed by atoms with Gasteiger partial charge in [0.05, 0.1) is 23.3 Å². The average molecular weight is 262 g/mol. The molecule has 0 amide bonds. The normalized spacial score (nSPS) is 10.4. The maximum Gasteiger partial charge on any atom is 0.254 e. The van der Waals surface area contributed by atoms with Gasteiger partial charge in [0, 0.05) is 25.9 Å². The quantitative estimate of drug-likeness (QED) is 0.811. The van der Waals surface area contributed by atoms with Crippen LogP contribution in [0.25, 0.3) is 11.3 Å². The summed E-state index contributed by atoms with van der Waals surface area (Å²) in [5.74, 6) is 0. The van der Waals surface area contributed by atoms with Gasteiger partial charge in [-0.25, -0.2) is 4.98 Å². The summed E-state index contributed by atoms with van der Waals surface area (Å²) in [6.07, 6.45) is 3.18. The van der Waals surface area contributed by atoms with Crippen molar-refractivity contribution in [2.45, 2.75) is 6.92 Å². The van der Waals surface area contributed by atoms with Gasteiger partial charge in [-0.2, -0.15) is 0 Å². The van der Waals surface area contributed by atoms with Crippen LogP contribution in [0.2, 0.25) is 0 Å². The Morgan fingerprint density at radius 2 is 2.06 bits per heavy atom. The van der Waals surface area contributed by atoms with Crippen molar-refractivity contribution in [2.75, 3.05) is 19.0 Å². The van der Waals surface area contributed by atoms with Crippen LogP contribution in [-0.2, 0) is 0 Å². The highest BCUT2D eigenvalue weighted by atomic mass is 32.1. The van der Waals surface area contributed by atoms with E-state index in [0.717, 1.165) is 11.3 Å². The van der Waals surface area contributed by atoms with E-state index >= 15 is 0 Å². The number of nitrogens with zero attached hydrogens (tertiary/aromatic N) is 2. The van der Waals surface area contributed by atoms with Gasteiger partial charge < -0.3 is 14.9 Å². The second-order valence-corrected chi connectivity index (χ2v) is 4.57. The van der Waals surface area contributed by atoms with Gasteiger partial charge in [0.1, 0.15) is 4.64 Å². The molecule has 2 aromatic rings. The standard InChI is InChI=1S/C12H14N4OS/c1-7-10(14-6-15-11(7)17)9-8(16(2)3)4-5-13-12(9)18/h4-6H,1-3H3,(H,13,18)(H,14,15,17). The van der Waals surface area contributed by atoms with Crippen LogP contribution in [0.4, 0.5) is 5.69 Å². The van der Waals surface area contributed by atoms with Crippen molar-refractivity contribution in [1.29, 1.82) is 0 Å². The molecule has 0 saturated heterocycles. The Balaban J connectivity index is 2.83. The van der Waals surface area contributed by atoms with E-state index in [-0.39, 0.29) is 5.56 Å². The Morgan fingerprint density at radius 3 is 2.72 bits per heavy atom. The summed E-state index contributed by atoms with van der Waals surface area (Å²) in [5.41, 5.74) is 2.74. The lowest BCUT2D eigenvalue weighted by Gasteiger charge is -2.17. The Hall–Kier alpha value is -1.95. The number of H-pyrrole nitrogens is 2. The summed E-state index contributed by atoms with van der Waals surface area (Å²) >= 11 is 5.31. The van der Waals surface area contributed by atoms with E-state index in [1.54, 1.807) is 13.1 Å². The molecule has 0 atom stereocenters. The predicted molar refractivity (Wildman–Crippen MR) is 74.5 cm³/mol. The van der Waals surface area contributed by atoms with Crippen LogP contribution in [-0.4, -0.2) is 29.0 Å². The highest BCUT2D eigenvalue weighted by Gasteiger charge is 2.14. The third-order valence-electron chi connectivity index (χ3n) is 2.74. The van der Waals surface area contributed by atoms with E-state index in [9.17, 15) is 4.79 Å². The van der Waals surface area contributed by atoms with Gasteiger partial charge in [0.15, 0.2) is 0 Å². The maximum absolute atomic E-state index is 11.7. The molecular formula is C12H14N4OS. The van der Waals surface area contributed by atoms with Crippen LogP contribution < -0.4 is 10.5 Å². The molecule has 2 rings (SSSR count). The maximum atomic E-state index is 11.7. The van der Waals surface area contributed by atoms with E-state index in [1.807, 2.05) is 25.1 Å². The predicted octanol–water partition coefficient (Wildman–Crippen LogP) is 1.87. The fraction of sp³-hybridized carbons (Fsp3) is 0.250. The molecule has 0 spiro atoms. The smallest absolute Gasteiger partial charge is 0.254 e. The van der Waals surface area contributed by atoms with Gasteiger partial charge >= 0.3 is 0 Å². The summed E-state index contributed by atoms with van der Waals surface area (Å²) in [5, 5.41) is 0. The molecule has 0 aromatic carbocycles. The molecule has 6 heteroatoms. The van der Waals surface area contributed by atoms with Crippen molar-refractivity contribution in [3.05, 3.63) is 39.1 Å². The van der Waals surface area contributed by atoms with Gasteiger partial charge in [0.25, 0.3) is 5.56 Å². The molecule has 0 fully saturated rings. The number of hydrogen-bond acceptors (Lipinski definition) is 4. The molecule has 5 nitrogen and oxygen atoms in total. The van der Waals surface area contributed by atoms with E-state index in [0.29, 0.717) is 15.9 Å². The van der Waals surface area contributed by atoms with Crippen molar-refractivity contribution in [3.63, 3.8) is 0 Å². The second kappa shape index (κ2) is 4.73. The molecule has 0 saturated carbocycles. The van der Waals surface area contributed by atoms with Gasteiger partial charge in [-0.15, -0.1) is 0 Å². The minimum absolute atomic E-state index is 0.150. The first kappa shape index (κ1) is 12.5. The largest absolute Gasteiger partial charge is 0.377 e. The topological polar surface area (TPSA) is 64.8 Å². The van der Waals surface area contributed by atoms with Crippen LogP contribution in [0.1, 0.15) is 5.56 Å². The molecule has 0 unspecified atom stereocenters. The molecule has 0 aliphatic carbocycles. The van der Waals surface area contributed by atoms with Gasteiger partial charge in [0.2, 0.25) is 0 Å². The molecule has 94 valence electrons. The first-order valence-corrected chi connectivity index (χ1v) is 5.87. The summed E-state index contributed by atoms with van der Waals surface area (Å²) < 4.78 is 0.572. The van der Waals surface area contributed by atoms with E-state index in [4.69, 9.17) is 12.2 Å². The lowest BCUT2D eigenvalue weighted by Crippen LogP contribution is -2.15. The van der Waals surface area contributed by atoms with Crippen LogP contribution >= 0.6 is 12.2 Å². The number of rotatable bonds is 2. The zero-order valence-corrected chi connectivity index (χ0v) is 11.3. The molecule has 2 heterocycles. The molecule has 2 N–H and O–H groups in total. The number of hydrogen-bond donors (Lipinski definition) is 2. The highest BCUT2D eigenvalue weighted by Crippen LogP contribution is 2.29. The van der Waals surface area contributed by atoms with Crippen LogP contribution in [0, 0.1) is 11.6 Å². The Kier molecular flexibility index (Phi) is 3.29. The molecule has 0 bridgehead atoms. The summed E-state index contributed by atoms with van der Waals surface area (Å²) in [6.45, 7) is 1.74. The Morgan fingerprint density at radius 1 is 1.33 bits per heavy atom. The Labute approximate surface area is 110 Å². The lowest BCUT2D eigenvalue weighted by atomic mass is 10.1. The molecule has 18 heavy (non-hydrogen) atoms. The molecular weight excluding hydrogens is 248 g/mol.